The lowest BCUT2D eigenvalue weighted by molar-refractivity contribution is -0.155. The molecule has 0 heterocycles. The molecule has 1 atom stereocenters. The lowest BCUT2D eigenvalue weighted by Crippen LogP contribution is -2.40. The molecule has 0 radical (unpaired) electrons. The van der Waals surface area contributed by atoms with E-state index in [1.807, 2.05) is 0 Å². The highest BCUT2D eigenvalue weighted by atomic mass is 127. The van der Waals surface area contributed by atoms with Crippen LogP contribution in [-0.4, -0.2) is 14.0 Å². The van der Waals surface area contributed by atoms with Gasteiger partial charge in [-0.1, -0.05) is 0 Å². The average molecular weight is 386 g/mol. The number of hydrogen-bond acceptors (Lipinski definition) is 0. The maximum Gasteiger partial charge on any atom is 0.362 e. The smallest absolute Gasteiger partial charge is 0.229 e. The summed E-state index contributed by atoms with van der Waals surface area (Å²) in [5.74, 6) is -4.59. The third-order valence-corrected chi connectivity index (χ3v) is 2.15. The summed E-state index contributed by atoms with van der Waals surface area (Å²) in [7, 11) is 0. The Morgan fingerprint density at radius 1 is 1.10 bits per heavy atom. The summed E-state index contributed by atoms with van der Waals surface area (Å²) >= 11 is 0.815. The lowest BCUT2D eigenvalue weighted by atomic mass is 10.4. The second kappa shape index (κ2) is 3.23. The van der Waals surface area contributed by atoms with Crippen molar-refractivity contribution < 1.29 is 22.0 Å². The normalized spacial score (nSPS) is 17.1. The Balaban J connectivity index is 4.40. The van der Waals surface area contributed by atoms with E-state index in [4.69, 9.17) is 0 Å². The molecule has 0 aromatic heterocycles. The molecule has 0 saturated carbocycles. The van der Waals surface area contributed by atoms with Gasteiger partial charge in [-0.3, -0.25) is 0 Å². The maximum atomic E-state index is 11.9. The Labute approximate surface area is 80.8 Å². The molecule has 1 unspecified atom stereocenters. The predicted octanol–water partition coefficient (Wildman–Crippen LogP) is 3.38. The van der Waals surface area contributed by atoms with Crippen LogP contribution in [0.1, 0.15) is 0 Å². The van der Waals surface area contributed by atoms with Crippen LogP contribution in [0.2, 0.25) is 0 Å². The second-order valence-electron chi connectivity index (χ2n) is 1.42. The number of alkyl halides is 7. The lowest BCUT2D eigenvalue weighted by Gasteiger charge is -2.21. The van der Waals surface area contributed by atoms with Crippen molar-refractivity contribution in [1.29, 1.82) is 0 Å². The summed E-state index contributed by atoms with van der Waals surface area (Å²) in [6.07, 6.45) is 0. The minimum atomic E-state index is -4.59. The van der Waals surface area contributed by atoms with Gasteiger partial charge >= 0.3 is 9.85 Å². The fraction of sp³-hybridized carbons (Fsp3) is 1.00. The van der Waals surface area contributed by atoms with Crippen molar-refractivity contribution in [3.63, 3.8) is 0 Å². The van der Waals surface area contributed by atoms with Crippen LogP contribution in [0.3, 0.4) is 0 Å². The van der Waals surface area contributed by atoms with Crippen LogP contribution >= 0.6 is 45.2 Å². The Bertz CT molecular complexity index is 117. The Morgan fingerprint density at radius 2 is 1.40 bits per heavy atom. The van der Waals surface area contributed by atoms with E-state index in [9.17, 15) is 22.0 Å². The first-order chi connectivity index (χ1) is 4.19. The summed E-state index contributed by atoms with van der Waals surface area (Å²) in [5, 5.41) is 0. The molecule has 0 N–H and O–H groups in total. The molecule has 0 aromatic carbocycles. The van der Waals surface area contributed by atoms with Gasteiger partial charge in [0.15, 0.2) is 0 Å². The highest BCUT2D eigenvalue weighted by Gasteiger charge is 2.59. The molecule has 0 spiro atoms. The number of rotatable bonds is 2. The fourth-order valence-electron chi connectivity index (χ4n) is 0.124. The van der Waals surface area contributed by atoms with E-state index in [-0.39, 0.29) is 22.6 Å². The molecule has 62 valence electrons. The zero-order chi connectivity index (χ0) is 8.58. The molecule has 0 saturated heterocycles. The minimum absolute atomic E-state index is 0.206. The fourth-order valence-corrected chi connectivity index (χ4v) is 1.38. The molecule has 7 heteroatoms. The quantitative estimate of drug-likeness (QED) is 0.388. The Kier molecular flexibility index (Phi) is 3.59. The molecule has 0 aliphatic rings. The monoisotopic (exact) mass is 386 g/mol. The summed E-state index contributed by atoms with van der Waals surface area (Å²) in [6.45, 7) is 0. The summed E-state index contributed by atoms with van der Waals surface area (Å²) in [4.78, 5) is 0. The van der Waals surface area contributed by atoms with Crippen LogP contribution in [0.4, 0.5) is 22.0 Å². The summed E-state index contributed by atoms with van der Waals surface area (Å²) < 4.78 is 51.8. The molecule has 0 bridgehead atoms. The molecule has 0 aliphatic carbocycles. The number of hydrogen-bond donors (Lipinski definition) is 0. The molecule has 0 nitrogen and oxygen atoms in total. The van der Waals surface area contributed by atoms with Crippen LogP contribution in [0.5, 0.6) is 0 Å². The van der Waals surface area contributed by atoms with Gasteiger partial charge in [0.1, 0.15) is 0 Å². The van der Waals surface area contributed by atoms with Crippen LogP contribution < -0.4 is 0 Å². The van der Waals surface area contributed by atoms with E-state index >= 15 is 0 Å². The van der Waals surface area contributed by atoms with Crippen LogP contribution in [0.15, 0.2) is 0 Å². The van der Waals surface area contributed by atoms with Crippen molar-refractivity contribution in [3.8, 4) is 0 Å². The standard InChI is InChI=1S/C3HF5I2/c4-1(9)2(5,6)3(7,8)10/h1H. The van der Waals surface area contributed by atoms with Gasteiger partial charge in [-0.05, 0) is 22.6 Å². The topological polar surface area (TPSA) is 0 Å². The van der Waals surface area contributed by atoms with Gasteiger partial charge in [-0.15, -0.1) is 0 Å². The molecule has 0 amide bonds. The Morgan fingerprint density at radius 3 is 1.40 bits per heavy atom. The van der Waals surface area contributed by atoms with Gasteiger partial charge in [0, 0.05) is 22.6 Å². The van der Waals surface area contributed by atoms with Crippen molar-refractivity contribution in [1.82, 2.24) is 0 Å². The molecule has 10 heavy (non-hydrogen) atoms. The van der Waals surface area contributed by atoms with E-state index < -0.39 is 14.0 Å². The first kappa shape index (κ1) is 11.1. The van der Waals surface area contributed by atoms with E-state index in [1.54, 1.807) is 0 Å². The van der Waals surface area contributed by atoms with E-state index in [1.165, 1.54) is 0 Å². The maximum absolute atomic E-state index is 11.9. The summed E-state index contributed by atoms with van der Waals surface area (Å²) in [5.41, 5.74) is 0. The molecule has 0 aromatic rings. The SMILES string of the molecule is FC(I)C(F)(F)C(F)(F)I. The first-order valence-electron chi connectivity index (χ1n) is 1.92. The third kappa shape index (κ3) is 2.31. The molecule has 0 aliphatic heterocycles. The zero-order valence-corrected chi connectivity index (χ0v) is 8.54. The van der Waals surface area contributed by atoms with E-state index in [0.29, 0.717) is 22.6 Å². The Hall–Kier alpha value is 1.11. The summed E-state index contributed by atoms with van der Waals surface area (Å²) in [6, 6.07) is 0. The van der Waals surface area contributed by atoms with Crippen molar-refractivity contribution in [2.75, 3.05) is 0 Å². The predicted molar refractivity (Wildman–Crippen MR) is 42.8 cm³/mol. The van der Waals surface area contributed by atoms with Gasteiger partial charge in [-0.2, -0.15) is 17.6 Å². The largest absolute Gasteiger partial charge is 0.362 e. The van der Waals surface area contributed by atoms with Crippen LogP contribution in [0.25, 0.3) is 0 Å². The van der Waals surface area contributed by atoms with Gasteiger partial charge in [0.05, 0.1) is 0 Å². The molecule has 0 rings (SSSR count). The van der Waals surface area contributed by atoms with E-state index in [2.05, 4.69) is 0 Å². The van der Waals surface area contributed by atoms with E-state index in [0.717, 1.165) is 0 Å². The van der Waals surface area contributed by atoms with Crippen LogP contribution in [-0.2, 0) is 0 Å². The van der Waals surface area contributed by atoms with Crippen molar-refractivity contribution in [3.05, 3.63) is 0 Å². The molecular weight excluding hydrogens is 385 g/mol. The molecular formula is C3HF5I2. The number of halogens is 7. The van der Waals surface area contributed by atoms with Crippen molar-refractivity contribution in [2.45, 2.75) is 14.0 Å². The van der Waals surface area contributed by atoms with Gasteiger partial charge < -0.3 is 0 Å². The highest BCUT2D eigenvalue weighted by Crippen LogP contribution is 2.44. The average Bonchev–Trinajstić information content (AvgIpc) is 1.62. The van der Waals surface area contributed by atoms with Crippen molar-refractivity contribution in [2.24, 2.45) is 0 Å². The second-order valence-corrected chi connectivity index (χ2v) is 3.87. The van der Waals surface area contributed by atoms with Crippen molar-refractivity contribution >= 4 is 45.2 Å². The first-order valence-corrected chi connectivity index (χ1v) is 4.24. The van der Waals surface area contributed by atoms with Crippen LogP contribution in [0, 0.1) is 0 Å². The van der Waals surface area contributed by atoms with Gasteiger partial charge in [-0.25, -0.2) is 4.39 Å². The third-order valence-electron chi connectivity index (χ3n) is 0.652. The highest BCUT2D eigenvalue weighted by molar-refractivity contribution is 14.1. The van der Waals surface area contributed by atoms with Gasteiger partial charge in [0.2, 0.25) is 4.18 Å². The minimum Gasteiger partial charge on any atom is -0.229 e. The molecule has 0 fully saturated rings. The zero-order valence-electron chi connectivity index (χ0n) is 4.22. The van der Waals surface area contributed by atoms with Gasteiger partial charge in [0.25, 0.3) is 0 Å².